The van der Waals surface area contributed by atoms with Gasteiger partial charge in [0.1, 0.15) is 6.04 Å². The normalized spacial score (nSPS) is 26.6. The number of thiazole rings is 1. The van der Waals surface area contributed by atoms with E-state index in [-0.39, 0.29) is 57.6 Å². The lowest BCUT2D eigenvalue weighted by molar-refractivity contribution is -0.156. The molecule has 2 aromatic carbocycles. The Morgan fingerprint density at radius 1 is 1.04 bits per heavy atom. The minimum Gasteiger partial charge on any atom is -0.490 e. The van der Waals surface area contributed by atoms with Crippen LogP contribution in [-0.2, 0) is 29.2 Å². The molecular formula is C35H38N4O10S3. The largest absolute Gasteiger partial charge is 0.490 e. The van der Waals surface area contributed by atoms with Crippen LogP contribution < -0.4 is 24.8 Å². The molecule has 3 heterocycles. The van der Waals surface area contributed by atoms with E-state index in [0.29, 0.717) is 30.2 Å². The number of ether oxygens (including phenoxy) is 2. The molecule has 276 valence electrons. The zero-order chi connectivity index (χ0) is 37.2. The number of aliphatic carboxylic acids is 1. The maximum Gasteiger partial charge on any atom is 0.326 e. The molecule has 2 saturated carbocycles. The van der Waals surface area contributed by atoms with Crippen molar-refractivity contribution in [1.82, 2.24) is 9.88 Å². The molecule has 4 aliphatic rings. The summed E-state index contributed by atoms with van der Waals surface area (Å²) in [5, 5.41) is 18.5. The second-order valence-corrected chi connectivity index (χ2v) is 17.8. The number of anilines is 1. The number of hydrogen-bond acceptors (Lipinski definition) is 11. The number of aromatic nitrogens is 1. The third kappa shape index (κ3) is 6.30. The van der Waals surface area contributed by atoms with Crippen LogP contribution in [0.2, 0.25) is 0 Å². The number of thioether (sulfide) groups is 1. The summed E-state index contributed by atoms with van der Waals surface area (Å²) < 4.78 is 34.9. The number of aromatic amines is 1. The number of carboxylic acids is 1. The first-order valence-electron chi connectivity index (χ1n) is 17.0. The molecule has 17 heteroatoms. The third-order valence-electron chi connectivity index (χ3n) is 10.5. The molecule has 3 aromatic rings. The second kappa shape index (κ2) is 13.7. The van der Waals surface area contributed by atoms with E-state index in [9.17, 15) is 37.5 Å². The van der Waals surface area contributed by atoms with Crippen LogP contribution in [0.1, 0.15) is 50.0 Å². The number of amides is 3. The van der Waals surface area contributed by atoms with Crippen LogP contribution in [0.3, 0.4) is 0 Å². The van der Waals surface area contributed by atoms with Gasteiger partial charge in [0, 0.05) is 21.7 Å². The monoisotopic (exact) mass is 770 g/mol. The van der Waals surface area contributed by atoms with Crippen molar-refractivity contribution in [2.45, 2.75) is 60.7 Å². The number of benzene rings is 2. The highest BCUT2D eigenvalue weighted by Gasteiger charge is 2.70. The number of carbonyl (C=O) groups is 4. The highest BCUT2D eigenvalue weighted by Crippen LogP contribution is 2.68. The molecule has 3 fully saturated rings. The fourth-order valence-corrected chi connectivity index (χ4v) is 12.1. The Balaban J connectivity index is 1.16. The molecule has 1 saturated heterocycles. The summed E-state index contributed by atoms with van der Waals surface area (Å²) in [5.41, 5.74) is 1.17. The van der Waals surface area contributed by atoms with Gasteiger partial charge in [-0.15, -0.1) is 11.8 Å². The first-order chi connectivity index (χ1) is 24.7. The maximum absolute atomic E-state index is 14.0. The maximum atomic E-state index is 14.0. The SMILES string of the molecule is CCOc1cc([C@H]2c3sc(=O)[nH]c3SC3C4CC(C5C(=O)N(C(CC(C)C)C(=O)O)C(=O)C45)C32)ccc1OCC(=O)Nc1ccc(S(N)(=O)=O)cc1. The van der Waals surface area contributed by atoms with Gasteiger partial charge in [-0.05, 0) is 85.4 Å². The molecule has 0 spiro atoms. The van der Waals surface area contributed by atoms with Crippen molar-refractivity contribution < 1.29 is 42.2 Å². The number of imide groups is 1. The lowest BCUT2D eigenvalue weighted by Crippen LogP contribution is -2.47. The molecule has 8 atom stereocenters. The van der Waals surface area contributed by atoms with Crippen molar-refractivity contribution in [3.63, 3.8) is 0 Å². The fraction of sp³-hybridized carbons (Fsp3) is 0.457. The summed E-state index contributed by atoms with van der Waals surface area (Å²) in [6.07, 6.45) is 0.828. The number of nitrogens with one attached hydrogen (secondary N) is 2. The van der Waals surface area contributed by atoms with Crippen molar-refractivity contribution >= 4 is 62.5 Å². The number of nitrogens with two attached hydrogens (primary N) is 1. The average Bonchev–Trinajstić information content (AvgIpc) is 3.81. The lowest BCUT2D eigenvalue weighted by atomic mass is 9.68. The molecule has 7 rings (SSSR count). The molecule has 5 N–H and O–H groups in total. The van der Waals surface area contributed by atoms with Crippen LogP contribution >= 0.6 is 23.1 Å². The van der Waals surface area contributed by atoms with Crippen LogP contribution in [0.15, 0.2) is 57.2 Å². The Morgan fingerprint density at radius 2 is 1.73 bits per heavy atom. The summed E-state index contributed by atoms with van der Waals surface area (Å²) in [7, 11) is -3.88. The van der Waals surface area contributed by atoms with Crippen LogP contribution in [0, 0.1) is 35.5 Å². The van der Waals surface area contributed by atoms with Gasteiger partial charge in [-0.1, -0.05) is 31.3 Å². The first-order valence-corrected chi connectivity index (χ1v) is 20.2. The van der Waals surface area contributed by atoms with E-state index in [0.717, 1.165) is 31.7 Å². The zero-order valence-electron chi connectivity index (χ0n) is 28.4. The topological polar surface area (TPSA) is 215 Å². The Kier molecular flexibility index (Phi) is 9.50. The quantitative estimate of drug-likeness (QED) is 0.196. The molecule has 7 unspecified atom stereocenters. The Hall–Kier alpha value is -4.19. The van der Waals surface area contributed by atoms with Gasteiger partial charge >= 0.3 is 10.8 Å². The average molecular weight is 771 g/mol. The number of nitrogens with zero attached hydrogens (tertiary/aromatic N) is 1. The summed E-state index contributed by atoms with van der Waals surface area (Å²) in [6.45, 7) is 5.45. The summed E-state index contributed by atoms with van der Waals surface area (Å²) >= 11 is 2.66. The number of fused-ring (bicyclic) bond motifs is 9. The smallest absolute Gasteiger partial charge is 0.326 e. The molecule has 14 nitrogen and oxygen atoms in total. The Morgan fingerprint density at radius 3 is 2.37 bits per heavy atom. The molecule has 52 heavy (non-hydrogen) atoms. The number of primary sulfonamides is 1. The van der Waals surface area contributed by atoms with E-state index in [1.807, 2.05) is 32.9 Å². The van der Waals surface area contributed by atoms with E-state index in [1.54, 1.807) is 17.8 Å². The van der Waals surface area contributed by atoms with Gasteiger partial charge in [-0.3, -0.25) is 24.1 Å². The van der Waals surface area contributed by atoms with E-state index in [2.05, 4.69) is 10.3 Å². The van der Waals surface area contributed by atoms with E-state index in [4.69, 9.17) is 14.6 Å². The molecule has 1 aromatic heterocycles. The van der Waals surface area contributed by atoms with Crippen LogP contribution in [0.5, 0.6) is 11.5 Å². The number of likely N-dealkylation sites (tertiary alicyclic amines) is 1. The second-order valence-electron chi connectivity index (χ2n) is 14.0. The standard InChI is InChI=1S/C35H38N4O10S3/c1-4-48-23-12-16(5-10-22(23)49-14-24(40)37-17-6-8-18(9-7-17)52(36,46)47)25-26-19-13-20(29(26)50-31-30(25)51-35(45)38-31)28-27(19)32(41)39(33(28)42)21(34(43)44)11-15(2)3/h5-10,12,15,19-21,25-29H,4,11,13-14H2,1-3H3,(H,37,40)(H,38,45)(H,43,44)(H2,36,46,47)/t19?,20?,21?,25-,26?,27?,28?,29?/m1/s1. The molecule has 2 aliphatic carbocycles. The lowest BCUT2D eigenvalue weighted by Gasteiger charge is -2.43. The summed E-state index contributed by atoms with van der Waals surface area (Å²) in [4.78, 5) is 70.3. The van der Waals surface area contributed by atoms with Crippen LogP contribution in [0.25, 0.3) is 0 Å². The number of H-pyrrole nitrogens is 1. The van der Waals surface area contributed by atoms with Crippen molar-refractivity contribution in [1.29, 1.82) is 0 Å². The fourth-order valence-electron chi connectivity index (χ4n) is 8.66. The van der Waals surface area contributed by atoms with Gasteiger partial charge in [0.25, 0.3) is 5.91 Å². The van der Waals surface area contributed by atoms with Gasteiger partial charge in [0.05, 0.1) is 28.4 Å². The van der Waals surface area contributed by atoms with Gasteiger partial charge < -0.3 is 24.9 Å². The van der Waals surface area contributed by atoms with Crippen LogP contribution in [-0.4, -0.2) is 71.6 Å². The third-order valence-corrected chi connectivity index (χ3v) is 14.0. The van der Waals surface area contributed by atoms with Gasteiger partial charge in [-0.2, -0.15) is 0 Å². The number of rotatable bonds is 12. The highest BCUT2D eigenvalue weighted by molar-refractivity contribution is 8.00. The van der Waals surface area contributed by atoms with Gasteiger partial charge in [0.2, 0.25) is 21.8 Å². The Bertz CT molecular complexity index is 2110. The highest BCUT2D eigenvalue weighted by atomic mass is 32.2. The molecule has 0 radical (unpaired) electrons. The minimum absolute atomic E-state index is 0.0351. The van der Waals surface area contributed by atoms with Crippen molar-refractivity contribution in [2.24, 2.45) is 40.6 Å². The molecule has 2 bridgehead atoms. The number of sulfonamides is 1. The molecule has 2 aliphatic heterocycles. The van der Waals surface area contributed by atoms with E-state index >= 15 is 0 Å². The molecule has 3 amide bonds. The Labute approximate surface area is 307 Å². The van der Waals surface area contributed by atoms with E-state index < -0.39 is 51.6 Å². The summed E-state index contributed by atoms with van der Waals surface area (Å²) in [6, 6.07) is 9.56. The molecular weight excluding hydrogens is 733 g/mol. The van der Waals surface area contributed by atoms with Crippen molar-refractivity contribution in [3.8, 4) is 11.5 Å². The predicted molar refractivity (Wildman–Crippen MR) is 191 cm³/mol. The van der Waals surface area contributed by atoms with Crippen LogP contribution in [0.4, 0.5) is 5.69 Å². The number of hydrogen-bond donors (Lipinski definition) is 4. The van der Waals surface area contributed by atoms with Gasteiger partial charge in [-0.25, -0.2) is 18.4 Å². The summed E-state index contributed by atoms with van der Waals surface area (Å²) in [5.74, 6) is -3.88. The number of carboxylic acid groups (broad SMARTS) is 1. The van der Waals surface area contributed by atoms with Crippen molar-refractivity contribution in [2.75, 3.05) is 18.5 Å². The minimum atomic E-state index is -3.88. The van der Waals surface area contributed by atoms with Crippen molar-refractivity contribution in [3.05, 3.63) is 62.6 Å². The van der Waals surface area contributed by atoms with E-state index in [1.165, 1.54) is 24.3 Å². The predicted octanol–water partition coefficient (Wildman–Crippen LogP) is 3.47. The van der Waals surface area contributed by atoms with Gasteiger partial charge in [0.15, 0.2) is 18.1 Å². The first kappa shape index (κ1) is 36.2. The number of carbonyl (C=O) groups excluding carboxylic acids is 3. The zero-order valence-corrected chi connectivity index (χ0v) is 30.9.